The zero-order chi connectivity index (χ0) is 36.6. The summed E-state index contributed by atoms with van der Waals surface area (Å²) in [6.07, 6.45) is 41.1. The van der Waals surface area contributed by atoms with Crippen molar-refractivity contribution in [2.24, 2.45) is 0 Å². The minimum atomic E-state index is -0.333. The fraction of sp³-hybridized carbons (Fsp3) is 0.911. The first-order chi connectivity index (χ1) is 25.0. The van der Waals surface area contributed by atoms with Crippen molar-refractivity contribution in [3.8, 4) is 0 Å². The predicted octanol–water partition coefficient (Wildman–Crippen LogP) is 11.2. The Hall–Kier alpha value is -1.40. The van der Waals surface area contributed by atoms with Gasteiger partial charge in [-0.1, -0.05) is 161 Å². The molecule has 2 amide bonds. The number of hydrogen-bond donors (Lipinski definition) is 1. The fourth-order valence-electron chi connectivity index (χ4n) is 8.06. The van der Waals surface area contributed by atoms with Crippen molar-refractivity contribution in [3.05, 3.63) is 12.2 Å². The van der Waals surface area contributed by atoms with Crippen molar-refractivity contribution < 1.29 is 9.59 Å². The third kappa shape index (κ3) is 23.8. The zero-order valence-electron chi connectivity index (χ0n) is 34.4. The Morgan fingerprint density at radius 2 is 1.14 bits per heavy atom. The van der Waals surface area contributed by atoms with Crippen molar-refractivity contribution in [1.82, 2.24) is 20.0 Å². The van der Waals surface area contributed by atoms with Crippen LogP contribution in [-0.4, -0.2) is 84.9 Å². The zero-order valence-corrected chi connectivity index (χ0v) is 34.4. The highest BCUT2D eigenvalue weighted by molar-refractivity contribution is 5.87. The van der Waals surface area contributed by atoms with Gasteiger partial charge in [0.05, 0.1) is 0 Å². The molecule has 1 saturated carbocycles. The predicted molar refractivity (Wildman–Crippen MR) is 220 cm³/mol. The molecule has 0 aromatic heterocycles. The van der Waals surface area contributed by atoms with E-state index in [0.717, 1.165) is 77.7 Å². The number of nitrogens with one attached hydrogen (secondary N) is 1. The minimum Gasteiger partial charge on any atom is -0.352 e. The first kappa shape index (κ1) is 45.8. The Morgan fingerprint density at radius 1 is 0.647 bits per heavy atom. The summed E-state index contributed by atoms with van der Waals surface area (Å²) in [4.78, 5) is 35.1. The van der Waals surface area contributed by atoms with E-state index < -0.39 is 0 Å². The number of allylic oxidation sites excluding steroid dienone is 2. The summed E-state index contributed by atoms with van der Waals surface area (Å²) in [5.41, 5.74) is 0. The van der Waals surface area contributed by atoms with E-state index in [9.17, 15) is 9.59 Å². The van der Waals surface area contributed by atoms with Crippen LogP contribution in [0.5, 0.6) is 0 Å². The average Bonchev–Trinajstić information content (AvgIpc) is 3.41. The molecule has 0 aromatic carbocycles. The lowest BCUT2D eigenvalue weighted by molar-refractivity contribution is -0.141. The summed E-state index contributed by atoms with van der Waals surface area (Å²) in [7, 11) is 2.19. The van der Waals surface area contributed by atoms with Gasteiger partial charge in [0.2, 0.25) is 11.8 Å². The number of piperazine rings is 1. The molecule has 0 bridgehead atoms. The van der Waals surface area contributed by atoms with Crippen LogP contribution in [0.2, 0.25) is 0 Å². The third-order valence-corrected chi connectivity index (χ3v) is 11.7. The first-order valence-corrected chi connectivity index (χ1v) is 22.7. The molecule has 0 radical (unpaired) electrons. The van der Waals surface area contributed by atoms with Gasteiger partial charge in [-0.2, -0.15) is 0 Å². The van der Waals surface area contributed by atoms with E-state index in [1.54, 1.807) is 0 Å². The van der Waals surface area contributed by atoms with E-state index in [4.69, 9.17) is 0 Å². The lowest BCUT2D eigenvalue weighted by Crippen LogP contribution is -2.54. The second-order valence-electron chi connectivity index (χ2n) is 16.4. The standard InChI is InChI=1S/C45H86N4O2/c1-4-6-8-10-12-14-15-16-17-18-19-21-23-25-31-35-44(50)49(41-40-48-38-36-47(3)37-39-48)43(34-30-24-22-20-13-11-9-7-5-2)45(51)46-42-32-28-26-27-29-33-42/h16-17,42-43H,4-15,18-41H2,1-3H3,(H,46,51)/b17-16-. The average molecular weight is 715 g/mol. The molecule has 1 heterocycles. The van der Waals surface area contributed by atoms with Crippen LogP contribution in [0.1, 0.15) is 206 Å². The minimum absolute atomic E-state index is 0.123. The molecule has 51 heavy (non-hydrogen) atoms. The number of rotatable bonds is 31. The van der Waals surface area contributed by atoms with Gasteiger partial charge in [-0.25, -0.2) is 0 Å². The quantitative estimate of drug-likeness (QED) is 0.0441. The van der Waals surface area contributed by atoms with E-state index in [1.165, 1.54) is 141 Å². The fourth-order valence-corrected chi connectivity index (χ4v) is 8.06. The maximum Gasteiger partial charge on any atom is 0.243 e. The highest BCUT2D eigenvalue weighted by atomic mass is 16.2. The van der Waals surface area contributed by atoms with Gasteiger partial charge < -0.3 is 15.1 Å². The van der Waals surface area contributed by atoms with Crippen molar-refractivity contribution in [1.29, 1.82) is 0 Å². The van der Waals surface area contributed by atoms with Crippen LogP contribution in [0.4, 0.5) is 0 Å². The SMILES string of the molecule is CCCCCCCC/C=C\CCCCCCCC(=O)N(CCN1CCN(C)CC1)C(CCCCCCCCCCC)C(=O)NC1CCCCCC1. The highest BCUT2D eigenvalue weighted by Crippen LogP contribution is 2.21. The summed E-state index contributed by atoms with van der Waals surface area (Å²) in [5, 5.41) is 3.48. The van der Waals surface area contributed by atoms with Gasteiger partial charge in [0, 0.05) is 51.7 Å². The molecule has 1 atom stereocenters. The molecule has 0 aromatic rings. The second-order valence-corrected chi connectivity index (χ2v) is 16.4. The molecular formula is C45H86N4O2. The summed E-state index contributed by atoms with van der Waals surface area (Å²) in [6, 6.07) is -0.0634. The van der Waals surface area contributed by atoms with E-state index in [0.29, 0.717) is 13.0 Å². The second kappa shape index (κ2) is 32.1. The monoisotopic (exact) mass is 715 g/mol. The molecule has 1 unspecified atom stereocenters. The summed E-state index contributed by atoms with van der Waals surface area (Å²) in [5.74, 6) is 0.330. The van der Waals surface area contributed by atoms with Gasteiger partial charge in [0.1, 0.15) is 6.04 Å². The molecule has 0 spiro atoms. The van der Waals surface area contributed by atoms with Gasteiger partial charge in [-0.3, -0.25) is 14.5 Å². The Morgan fingerprint density at radius 3 is 1.69 bits per heavy atom. The number of likely N-dealkylation sites (N-methyl/N-ethyl adjacent to an activating group) is 1. The normalized spacial score (nSPS) is 17.2. The Bertz CT molecular complexity index is 847. The molecule has 1 saturated heterocycles. The van der Waals surface area contributed by atoms with Crippen LogP contribution in [-0.2, 0) is 9.59 Å². The van der Waals surface area contributed by atoms with Crippen LogP contribution in [0.3, 0.4) is 0 Å². The van der Waals surface area contributed by atoms with Crippen molar-refractivity contribution in [2.75, 3.05) is 46.3 Å². The number of hydrogen-bond acceptors (Lipinski definition) is 4. The number of amides is 2. The lowest BCUT2D eigenvalue weighted by Gasteiger charge is -2.36. The molecule has 1 aliphatic heterocycles. The Kier molecular flexibility index (Phi) is 28.8. The maximum absolute atomic E-state index is 14.1. The van der Waals surface area contributed by atoms with Gasteiger partial charge in [-0.05, 0) is 58.4 Å². The van der Waals surface area contributed by atoms with Crippen LogP contribution >= 0.6 is 0 Å². The highest BCUT2D eigenvalue weighted by Gasteiger charge is 2.31. The third-order valence-electron chi connectivity index (χ3n) is 11.7. The van der Waals surface area contributed by atoms with Crippen molar-refractivity contribution in [2.45, 2.75) is 219 Å². The molecular weight excluding hydrogens is 629 g/mol. The molecule has 6 heteroatoms. The molecule has 1 N–H and O–H groups in total. The van der Waals surface area contributed by atoms with Crippen LogP contribution in [0, 0.1) is 0 Å². The number of nitrogens with zero attached hydrogens (tertiary/aromatic N) is 3. The van der Waals surface area contributed by atoms with E-state index >= 15 is 0 Å². The molecule has 2 aliphatic rings. The van der Waals surface area contributed by atoms with Gasteiger partial charge in [0.15, 0.2) is 0 Å². The number of unbranched alkanes of at least 4 members (excludes halogenated alkanes) is 19. The van der Waals surface area contributed by atoms with Gasteiger partial charge >= 0.3 is 0 Å². The van der Waals surface area contributed by atoms with Crippen LogP contribution in [0.25, 0.3) is 0 Å². The summed E-state index contributed by atoms with van der Waals surface area (Å²) < 4.78 is 0. The topological polar surface area (TPSA) is 55.9 Å². The Balaban J connectivity index is 1.88. The van der Waals surface area contributed by atoms with Crippen molar-refractivity contribution >= 4 is 11.8 Å². The van der Waals surface area contributed by atoms with E-state index in [-0.39, 0.29) is 23.9 Å². The Labute approximate surface area is 317 Å². The van der Waals surface area contributed by atoms with Crippen LogP contribution in [0.15, 0.2) is 12.2 Å². The summed E-state index contributed by atoms with van der Waals surface area (Å²) >= 11 is 0. The van der Waals surface area contributed by atoms with Gasteiger partial charge in [0.25, 0.3) is 0 Å². The van der Waals surface area contributed by atoms with Gasteiger partial charge in [-0.15, -0.1) is 0 Å². The molecule has 2 rings (SSSR count). The maximum atomic E-state index is 14.1. The van der Waals surface area contributed by atoms with Crippen molar-refractivity contribution in [3.63, 3.8) is 0 Å². The molecule has 2 fully saturated rings. The molecule has 6 nitrogen and oxygen atoms in total. The van der Waals surface area contributed by atoms with E-state index in [2.05, 4.69) is 48.2 Å². The lowest BCUT2D eigenvalue weighted by atomic mass is 10.0. The largest absolute Gasteiger partial charge is 0.352 e. The smallest absolute Gasteiger partial charge is 0.243 e. The molecule has 298 valence electrons. The molecule has 1 aliphatic carbocycles. The van der Waals surface area contributed by atoms with E-state index in [1.807, 2.05) is 4.90 Å². The van der Waals surface area contributed by atoms with Crippen LogP contribution < -0.4 is 5.32 Å². The number of carbonyl (C=O) groups excluding carboxylic acids is 2. The first-order valence-electron chi connectivity index (χ1n) is 22.7. The number of carbonyl (C=O) groups is 2. The summed E-state index contributed by atoms with van der Waals surface area (Å²) in [6.45, 7) is 10.3.